The number of rotatable bonds is 6. The van der Waals surface area contributed by atoms with Crippen molar-refractivity contribution in [1.82, 2.24) is 9.97 Å². The van der Waals surface area contributed by atoms with Gasteiger partial charge in [-0.15, -0.1) is 11.3 Å². The summed E-state index contributed by atoms with van der Waals surface area (Å²) in [6.45, 7) is 3.89. The maximum atomic E-state index is 5.72. The van der Waals surface area contributed by atoms with Gasteiger partial charge in [-0.05, 0) is 23.9 Å². The minimum atomic E-state index is 0.418. The Bertz CT molecular complexity index is 712. The molecule has 1 N–H and O–H groups in total. The highest BCUT2D eigenvalue weighted by atomic mass is 32.1. The summed E-state index contributed by atoms with van der Waals surface area (Å²) in [5.74, 6) is 1.61. The molecule has 21 heavy (non-hydrogen) atoms. The number of hydrogen-bond donors (Lipinski definition) is 1. The molecule has 108 valence electrons. The van der Waals surface area contributed by atoms with Gasteiger partial charge in [-0.25, -0.2) is 9.97 Å². The fourth-order valence-electron chi connectivity index (χ4n) is 2.10. The summed E-state index contributed by atoms with van der Waals surface area (Å²) in [5, 5.41) is 6.40. The topological polar surface area (TPSA) is 47.0 Å². The monoisotopic (exact) mass is 299 g/mol. The van der Waals surface area contributed by atoms with Crippen molar-refractivity contribution < 1.29 is 4.74 Å². The Kier molecular flexibility index (Phi) is 4.43. The fourth-order valence-corrected chi connectivity index (χ4v) is 2.88. The van der Waals surface area contributed by atoms with E-state index in [9.17, 15) is 0 Å². The van der Waals surface area contributed by atoms with Crippen molar-refractivity contribution in [1.29, 1.82) is 0 Å². The third-order valence-electron chi connectivity index (χ3n) is 3.06. The van der Waals surface area contributed by atoms with Crippen molar-refractivity contribution in [2.75, 3.05) is 11.9 Å². The molecule has 0 aliphatic heterocycles. The summed E-state index contributed by atoms with van der Waals surface area (Å²) >= 11 is 1.62. The van der Waals surface area contributed by atoms with Crippen LogP contribution in [0.25, 0.3) is 10.2 Å². The quantitative estimate of drug-likeness (QED) is 0.751. The van der Waals surface area contributed by atoms with E-state index in [0.717, 1.165) is 34.0 Å². The lowest BCUT2D eigenvalue weighted by molar-refractivity contribution is 0.102. The standard InChI is InChI=1S/C16H17N3OS/c1-2-17-15-13-8-9-21-16(13)19-14(18-15)11-20-10-12-6-4-3-5-7-12/h3-9H,2,10-11H2,1H3,(H,17,18,19). The van der Waals surface area contributed by atoms with E-state index in [-0.39, 0.29) is 0 Å². The number of aromatic nitrogens is 2. The second kappa shape index (κ2) is 6.65. The van der Waals surface area contributed by atoms with Crippen molar-refractivity contribution in [3.8, 4) is 0 Å². The highest BCUT2D eigenvalue weighted by Gasteiger charge is 2.08. The molecule has 0 fully saturated rings. The Morgan fingerprint density at radius 1 is 1.10 bits per heavy atom. The predicted octanol–water partition coefficient (Wildman–Crippen LogP) is 3.84. The molecule has 0 spiro atoms. The molecule has 3 aromatic rings. The van der Waals surface area contributed by atoms with Crippen LogP contribution in [0.15, 0.2) is 41.8 Å². The van der Waals surface area contributed by atoms with Gasteiger partial charge in [-0.3, -0.25) is 0 Å². The van der Waals surface area contributed by atoms with Gasteiger partial charge in [-0.2, -0.15) is 0 Å². The van der Waals surface area contributed by atoms with Crippen LogP contribution >= 0.6 is 11.3 Å². The number of nitrogens with zero attached hydrogens (tertiary/aromatic N) is 2. The lowest BCUT2D eigenvalue weighted by atomic mass is 10.2. The first-order valence-corrected chi connectivity index (χ1v) is 7.84. The van der Waals surface area contributed by atoms with Gasteiger partial charge in [-0.1, -0.05) is 30.3 Å². The maximum Gasteiger partial charge on any atom is 0.158 e. The number of fused-ring (bicyclic) bond motifs is 1. The van der Waals surface area contributed by atoms with Crippen LogP contribution in [0, 0.1) is 0 Å². The van der Waals surface area contributed by atoms with Crippen LogP contribution in [0.5, 0.6) is 0 Å². The molecule has 0 saturated carbocycles. The average molecular weight is 299 g/mol. The molecule has 0 unspecified atom stereocenters. The number of thiophene rings is 1. The van der Waals surface area contributed by atoms with E-state index in [0.29, 0.717) is 13.2 Å². The number of hydrogen-bond acceptors (Lipinski definition) is 5. The van der Waals surface area contributed by atoms with E-state index in [4.69, 9.17) is 4.74 Å². The average Bonchev–Trinajstić information content (AvgIpc) is 2.97. The summed E-state index contributed by atoms with van der Waals surface area (Å²) in [6.07, 6.45) is 0. The van der Waals surface area contributed by atoms with Gasteiger partial charge in [0, 0.05) is 6.54 Å². The van der Waals surface area contributed by atoms with E-state index in [1.165, 1.54) is 0 Å². The van der Waals surface area contributed by atoms with E-state index in [1.807, 2.05) is 41.8 Å². The van der Waals surface area contributed by atoms with E-state index < -0.39 is 0 Å². The Labute approximate surface area is 127 Å². The van der Waals surface area contributed by atoms with Gasteiger partial charge in [0.25, 0.3) is 0 Å². The summed E-state index contributed by atoms with van der Waals surface area (Å²) in [6, 6.07) is 12.2. The molecule has 0 amide bonds. The number of nitrogens with one attached hydrogen (secondary N) is 1. The van der Waals surface area contributed by atoms with Crippen LogP contribution in [0.3, 0.4) is 0 Å². The Morgan fingerprint density at radius 3 is 2.76 bits per heavy atom. The van der Waals surface area contributed by atoms with Gasteiger partial charge in [0.1, 0.15) is 17.3 Å². The van der Waals surface area contributed by atoms with Gasteiger partial charge < -0.3 is 10.1 Å². The molecule has 2 heterocycles. The van der Waals surface area contributed by atoms with Crippen molar-refractivity contribution in [2.24, 2.45) is 0 Å². The van der Waals surface area contributed by atoms with Crippen molar-refractivity contribution >= 4 is 27.4 Å². The van der Waals surface area contributed by atoms with Crippen molar-refractivity contribution in [2.45, 2.75) is 20.1 Å². The third-order valence-corrected chi connectivity index (χ3v) is 3.86. The number of anilines is 1. The molecule has 0 bridgehead atoms. The number of benzene rings is 1. The fraction of sp³-hybridized carbons (Fsp3) is 0.250. The summed E-state index contributed by atoms with van der Waals surface area (Å²) < 4.78 is 5.72. The largest absolute Gasteiger partial charge is 0.370 e. The first-order valence-electron chi connectivity index (χ1n) is 6.96. The minimum absolute atomic E-state index is 0.418. The Balaban J connectivity index is 1.71. The molecular weight excluding hydrogens is 282 g/mol. The van der Waals surface area contributed by atoms with E-state index in [1.54, 1.807) is 11.3 Å². The molecule has 0 saturated heterocycles. The zero-order valence-corrected chi connectivity index (χ0v) is 12.7. The lowest BCUT2D eigenvalue weighted by Gasteiger charge is -2.08. The molecule has 2 aromatic heterocycles. The predicted molar refractivity (Wildman–Crippen MR) is 86.5 cm³/mol. The molecule has 0 aliphatic carbocycles. The molecule has 0 aliphatic rings. The van der Waals surface area contributed by atoms with E-state index in [2.05, 4.69) is 22.2 Å². The van der Waals surface area contributed by atoms with Gasteiger partial charge in [0.2, 0.25) is 0 Å². The molecule has 4 nitrogen and oxygen atoms in total. The maximum absolute atomic E-state index is 5.72. The van der Waals surface area contributed by atoms with E-state index >= 15 is 0 Å². The zero-order chi connectivity index (χ0) is 14.5. The minimum Gasteiger partial charge on any atom is -0.370 e. The molecular formula is C16H17N3OS. The van der Waals surface area contributed by atoms with Gasteiger partial charge in [0.15, 0.2) is 5.82 Å². The molecule has 0 atom stereocenters. The summed E-state index contributed by atoms with van der Waals surface area (Å²) in [7, 11) is 0. The Morgan fingerprint density at radius 2 is 1.95 bits per heavy atom. The lowest BCUT2D eigenvalue weighted by Crippen LogP contribution is -2.05. The smallest absolute Gasteiger partial charge is 0.158 e. The van der Waals surface area contributed by atoms with Crippen molar-refractivity contribution in [3.05, 3.63) is 53.2 Å². The second-order valence-electron chi connectivity index (χ2n) is 4.64. The number of ether oxygens (including phenoxy) is 1. The highest BCUT2D eigenvalue weighted by molar-refractivity contribution is 7.16. The van der Waals surface area contributed by atoms with Gasteiger partial charge in [0.05, 0.1) is 12.0 Å². The van der Waals surface area contributed by atoms with Crippen LogP contribution in [-0.4, -0.2) is 16.5 Å². The first-order chi connectivity index (χ1) is 10.4. The zero-order valence-electron chi connectivity index (χ0n) is 11.9. The van der Waals surface area contributed by atoms with Gasteiger partial charge >= 0.3 is 0 Å². The summed E-state index contributed by atoms with van der Waals surface area (Å²) in [4.78, 5) is 10.1. The van der Waals surface area contributed by atoms with Crippen LogP contribution in [-0.2, 0) is 18.0 Å². The molecule has 0 radical (unpaired) electrons. The van der Waals surface area contributed by atoms with Crippen molar-refractivity contribution in [3.63, 3.8) is 0 Å². The summed E-state index contributed by atoms with van der Waals surface area (Å²) in [5.41, 5.74) is 1.15. The van der Waals surface area contributed by atoms with Crippen LogP contribution in [0.4, 0.5) is 5.82 Å². The van der Waals surface area contributed by atoms with Crippen LogP contribution < -0.4 is 5.32 Å². The van der Waals surface area contributed by atoms with Crippen LogP contribution in [0.1, 0.15) is 18.3 Å². The normalized spacial score (nSPS) is 10.9. The second-order valence-corrected chi connectivity index (χ2v) is 5.53. The molecule has 1 aromatic carbocycles. The third kappa shape index (κ3) is 3.37. The molecule has 5 heteroatoms. The van der Waals surface area contributed by atoms with Crippen LogP contribution in [0.2, 0.25) is 0 Å². The SMILES string of the molecule is CCNc1nc(COCc2ccccc2)nc2sccc12. The highest BCUT2D eigenvalue weighted by Crippen LogP contribution is 2.25. The molecule has 3 rings (SSSR count). The first kappa shape index (κ1) is 14.0. The Hall–Kier alpha value is -1.98.